The SMILES string of the molecule is CCCNC(CCC(C)(C)C)CC(C)CC. The average molecular weight is 227 g/mol. The fraction of sp³-hybridized carbons (Fsp3) is 1.00. The van der Waals surface area contributed by atoms with Gasteiger partial charge in [0.05, 0.1) is 0 Å². The summed E-state index contributed by atoms with van der Waals surface area (Å²) in [4.78, 5) is 0. The van der Waals surface area contributed by atoms with E-state index in [0.29, 0.717) is 5.41 Å². The van der Waals surface area contributed by atoms with Gasteiger partial charge in [0.25, 0.3) is 0 Å². The van der Waals surface area contributed by atoms with Crippen molar-refractivity contribution in [1.82, 2.24) is 5.32 Å². The van der Waals surface area contributed by atoms with Crippen LogP contribution in [-0.4, -0.2) is 12.6 Å². The Labute approximate surface area is 103 Å². The molecule has 0 radical (unpaired) electrons. The third-order valence-electron chi connectivity index (χ3n) is 3.31. The summed E-state index contributed by atoms with van der Waals surface area (Å²) < 4.78 is 0. The molecule has 0 spiro atoms. The lowest BCUT2D eigenvalue weighted by Gasteiger charge is -2.26. The van der Waals surface area contributed by atoms with Crippen LogP contribution in [-0.2, 0) is 0 Å². The maximum Gasteiger partial charge on any atom is 0.00697 e. The van der Waals surface area contributed by atoms with Crippen LogP contribution in [0.3, 0.4) is 0 Å². The first-order chi connectivity index (χ1) is 7.39. The maximum atomic E-state index is 3.71. The van der Waals surface area contributed by atoms with Gasteiger partial charge >= 0.3 is 0 Å². The van der Waals surface area contributed by atoms with E-state index in [4.69, 9.17) is 0 Å². The summed E-state index contributed by atoms with van der Waals surface area (Å²) in [6.07, 6.45) is 6.54. The van der Waals surface area contributed by atoms with E-state index in [1.165, 1.54) is 38.6 Å². The minimum atomic E-state index is 0.474. The number of hydrogen-bond donors (Lipinski definition) is 1. The van der Waals surface area contributed by atoms with Gasteiger partial charge in [0, 0.05) is 6.04 Å². The summed E-state index contributed by atoms with van der Waals surface area (Å²) in [6.45, 7) is 15.1. The maximum absolute atomic E-state index is 3.71. The molecule has 0 aliphatic carbocycles. The molecule has 0 heterocycles. The molecular formula is C15H33N. The molecule has 16 heavy (non-hydrogen) atoms. The minimum Gasteiger partial charge on any atom is -0.314 e. The highest BCUT2D eigenvalue weighted by Gasteiger charge is 2.16. The highest BCUT2D eigenvalue weighted by Crippen LogP contribution is 2.24. The Bertz CT molecular complexity index is 157. The average Bonchev–Trinajstić information content (AvgIpc) is 2.20. The summed E-state index contributed by atoms with van der Waals surface area (Å²) in [6, 6.07) is 0.731. The molecule has 0 aliphatic rings. The van der Waals surface area contributed by atoms with Gasteiger partial charge in [-0.2, -0.15) is 0 Å². The van der Waals surface area contributed by atoms with E-state index in [0.717, 1.165) is 12.0 Å². The normalized spacial score (nSPS) is 16.1. The van der Waals surface area contributed by atoms with Gasteiger partial charge in [0.15, 0.2) is 0 Å². The molecule has 0 fully saturated rings. The lowest BCUT2D eigenvalue weighted by Crippen LogP contribution is -2.32. The first-order valence-electron chi connectivity index (χ1n) is 7.12. The molecule has 0 aromatic heterocycles. The zero-order chi connectivity index (χ0) is 12.6. The van der Waals surface area contributed by atoms with Crippen molar-refractivity contribution in [3.8, 4) is 0 Å². The van der Waals surface area contributed by atoms with Crippen molar-refractivity contribution in [2.75, 3.05) is 6.54 Å². The molecule has 1 N–H and O–H groups in total. The molecule has 0 rings (SSSR count). The molecule has 1 nitrogen and oxygen atoms in total. The quantitative estimate of drug-likeness (QED) is 0.638. The van der Waals surface area contributed by atoms with Crippen LogP contribution in [0.15, 0.2) is 0 Å². The first-order valence-corrected chi connectivity index (χ1v) is 7.12. The monoisotopic (exact) mass is 227 g/mol. The van der Waals surface area contributed by atoms with Crippen molar-refractivity contribution in [2.24, 2.45) is 11.3 Å². The van der Waals surface area contributed by atoms with Gasteiger partial charge < -0.3 is 5.32 Å². The Morgan fingerprint density at radius 3 is 2.19 bits per heavy atom. The van der Waals surface area contributed by atoms with Crippen LogP contribution in [0.5, 0.6) is 0 Å². The Morgan fingerprint density at radius 2 is 1.75 bits per heavy atom. The number of nitrogens with one attached hydrogen (secondary N) is 1. The third-order valence-corrected chi connectivity index (χ3v) is 3.31. The second kappa shape index (κ2) is 8.11. The molecule has 0 aromatic carbocycles. The van der Waals surface area contributed by atoms with Crippen LogP contribution in [0.2, 0.25) is 0 Å². The molecular weight excluding hydrogens is 194 g/mol. The molecule has 0 saturated heterocycles. The van der Waals surface area contributed by atoms with Gasteiger partial charge in [-0.1, -0.05) is 48.0 Å². The second-order valence-electron chi connectivity index (χ2n) is 6.50. The topological polar surface area (TPSA) is 12.0 Å². The highest BCUT2D eigenvalue weighted by atomic mass is 14.9. The van der Waals surface area contributed by atoms with E-state index < -0.39 is 0 Å². The van der Waals surface area contributed by atoms with Crippen LogP contribution in [0.4, 0.5) is 0 Å². The van der Waals surface area contributed by atoms with E-state index in [1.54, 1.807) is 0 Å². The fourth-order valence-corrected chi connectivity index (χ4v) is 1.91. The Balaban J connectivity index is 3.99. The van der Waals surface area contributed by atoms with Gasteiger partial charge in [-0.15, -0.1) is 0 Å². The molecule has 0 aliphatic heterocycles. The van der Waals surface area contributed by atoms with E-state index in [2.05, 4.69) is 46.9 Å². The van der Waals surface area contributed by atoms with Crippen LogP contribution >= 0.6 is 0 Å². The molecule has 0 bridgehead atoms. The number of rotatable bonds is 8. The summed E-state index contributed by atoms with van der Waals surface area (Å²) in [5.74, 6) is 0.856. The van der Waals surface area contributed by atoms with Crippen molar-refractivity contribution < 1.29 is 0 Å². The minimum absolute atomic E-state index is 0.474. The van der Waals surface area contributed by atoms with Crippen molar-refractivity contribution in [2.45, 2.75) is 79.7 Å². The summed E-state index contributed by atoms with van der Waals surface area (Å²) in [5.41, 5.74) is 0.474. The summed E-state index contributed by atoms with van der Waals surface area (Å²) in [7, 11) is 0. The van der Waals surface area contributed by atoms with Crippen LogP contribution in [0.1, 0.15) is 73.6 Å². The molecule has 0 saturated carbocycles. The zero-order valence-electron chi connectivity index (χ0n) is 12.4. The molecule has 0 aromatic rings. The molecule has 2 atom stereocenters. The standard InChI is InChI=1S/C15H33N/c1-7-11-16-14(12-13(3)8-2)9-10-15(4,5)6/h13-14,16H,7-12H2,1-6H3. The van der Waals surface area contributed by atoms with Crippen LogP contribution < -0.4 is 5.32 Å². The molecule has 2 unspecified atom stereocenters. The third kappa shape index (κ3) is 9.21. The van der Waals surface area contributed by atoms with Crippen LogP contribution in [0.25, 0.3) is 0 Å². The van der Waals surface area contributed by atoms with Crippen molar-refractivity contribution in [1.29, 1.82) is 0 Å². The van der Waals surface area contributed by atoms with Gasteiger partial charge in [-0.05, 0) is 43.6 Å². The predicted molar refractivity (Wildman–Crippen MR) is 74.8 cm³/mol. The zero-order valence-corrected chi connectivity index (χ0v) is 12.4. The van der Waals surface area contributed by atoms with E-state index >= 15 is 0 Å². The van der Waals surface area contributed by atoms with Crippen molar-refractivity contribution in [3.63, 3.8) is 0 Å². The summed E-state index contributed by atoms with van der Waals surface area (Å²) >= 11 is 0. The number of hydrogen-bond acceptors (Lipinski definition) is 1. The largest absolute Gasteiger partial charge is 0.314 e. The smallest absolute Gasteiger partial charge is 0.00697 e. The van der Waals surface area contributed by atoms with Crippen molar-refractivity contribution >= 4 is 0 Å². The van der Waals surface area contributed by atoms with E-state index in [1.807, 2.05) is 0 Å². The molecule has 0 amide bonds. The molecule has 1 heteroatoms. The van der Waals surface area contributed by atoms with E-state index in [9.17, 15) is 0 Å². The van der Waals surface area contributed by atoms with Gasteiger partial charge in [-0.3, -0.25) is 0 Å². The summed E-state index contributed by atoms with van der Waals surface area (Å²) in [5, 5.41) is 3.71. The first kappa shape index (κ1) is 16.0. The second-order valence-corrected chi connectivity index (χ2v) is 6.50. The van der Waals surface area contributed by atoms with Crippen molar-refractivity contribution in [3.05, 3.63) is 0 Å². The Morgan fingerprint density at radius 1 is 1.12 bits per heavy atom. The lowest BCUT2D eigenvalue weighted by molar-refractivity contribution is 0.302. The van der Waals surface area contributed by atoms with Crippen LogP contribution in [0, 0.1) is 11.3 Å². The van der Waals surface area contributed by atoms with Gasteiger partial charge in [0.1, 0.15) is 0 Å². The molecule has 98 valence electrons. The fourth-order valence-electron chi connectivity index (χ4n) is 1.91. The highest BCUT2D eigenvalue weighted by molar-refractivity contribution is 4.73. The lowest BCUT2D eigenvalue weighted by atomic mass is 9.86. The Kier molecular flexibility index (Phi) is 8.09. The Hall–Kier alpha value is -0.0400. The van der Waals surface area contributed by atoms with E-state index in [-0.39, 0.29) is 0 Å². The predicted octanol–water partition coefficient (Wildman–Crippen LogP) is 4.62. The van der Waals surface area contributed by atoms with Gasteiger partial charge in [-0.25, -0.2) is 0 Å². The van der Waals surface area contributed by atoms with Gasteiger partial charge in [0.2, 0.25) is 0 Å².